The fourth-order valence-electron chi connectivity index (χ4n) is 2.59. The summed E-state index contributed by atoms with van der Waals surface area (Å²) in [4.78, 5) is 7.28. The van der Waals surface area contributed by atoms with Gasteiger partial charge in [0.05, 0.1) is 13.0 Å². The Morgan fingerprint density at radius 3 is 2.43 bits per heavy atom. The van der Waals surface area contributed by atoms with Crippen molar-refractivity contribution in [3.05, 3.63) is 0 Å². The summed E-state index contributed by atoms with van der Waals surface area (Å²) in [7, 11) is 3.25. The molecule has 0 aromatic carbocycles. The highest BCUT2D eigenvalue weighted by atomic mass is 16.6. The number of nitrogens with zero attached hydrogens (tertiary/aromatic N) is 2. The highest BCUT2D eigenvalue weighted by molar-refractivity contribution is 5.79. The van der Waals surface area contributed by atoms with Crippen molar-refractivity contribution in [1.29, 1.82) is 0 Å². The second-order valence-electron chi connectivity index (χ2n) is 4.06. The van der Waals surface area contributed by atoms with E-state index in [0.29, 0.717) is 5.92 Å². The summed E-state index contributed by atoms with van der Waals surface area (Å²) in [6, 6.07) is 0. The van der Waals surface area contributed by atoms with Crippen molar-refractivity contribution in [3.8, 4) is 0 Å². The van der Waals surface area contributed by atoms with Crippen LogP contribution < -0.4 is 0 Å². The average Bonchev–Trinajstić information content (AvgIpc) is 2.27. The van der Waals surface area contributed by atoms with E-state index in [-0.39, 0.29) is 0 Å². The highest BCUT2D eigenvalue weighted by Gasteiger charge is 2.38. The number of methoxy groups -OCH3 is 1. The van der Waals surface area contributed by atoms with Crippen LogP contribution in [0.25, 0.3) is 0 Å². The van der Waals surface area contributed by atoms with E-state index >= 15 is 0 Å². The molecule has 1 atom stereocenters. The molecule has 3 rings (SSSR count). The molecule has 3 heterocycles. The zero-order valence-corrected chi connectivity index (χ0v) is 8.90. The number of oxime groups is 1. The standard InChI is InChI=1S/C10H18N2O2/c1-13-10(11-14-2)9-7-12-5-3-8(9)4-6-12/h8-9H,3-7H2,1-2H3. The van der Waals surface area contributed by atoms with Crippen molar-refractivity contribution in [1.82, 2.24) is 4.90 Å². The fourth-order valence-corrected chi connectivity index (χ4v) is 2.59. The van der Waals surface area contributed by atoms with Crippen LogP contribution in [0, 0.1) is 11.8 Å². The lowest BCUT2D eigenvalue weighted by atomic mass is 9.79. The molecule has 0 spiro atoms. The zero-order valence-electron chi connectivity index (χ0n) is 8.90. The Morgan fingerprint density at radius 1 is 1.29 bits per heavy atom. The van der Waals surface area contributed by atoms with Gasteiger partial charge >= 0.3 is 0 Å². The average molecular weight is 198 g/mol. The monoisotopic (exact) mass is 198 g/mol. The predicted octanol–water partition coefficient (Wildman–Crippen LogP) is 0.934. The van der Waals surface area contributed by atoms with Crippen LogP contribution in [0.4, 0.5) is 0 Å². The van der Waals surface area contributed by atoms with Crippen molar-refractivity contribution in [2.75, 3.05) is 33.9 Å². The second-order valence-corrected chi connectivity index (χ2v) is 4.06. The first-order valence-corrected chi connectivity index (χ1v) is 5.22. The number of rotatable bonds is 2. The van der Waals surface area contributed by atoms with Gasteiger partial charge in [-0.25, -0.2) is 0 Å². The summed E-state index contributed by atoms with van der Waals surface area (Å²) < 4.78 is 5.28. The van der Waals surface area contributed by atoms with E-state index in [9.17, 15) is 0 Å². The summed E-state index contributed by atoms with van der Waals surface area (Å²) in [5.41, 5.74) is 0. The van der Waals surface area contributed by atoms with Gasteiger partial charge in [-0.3, -0.25) is 0 Å². The Morgan fingerprint density at radius 2 is 2.00 bits per heavy atom. The van der Waals surface area contributed by atoms with E-state index in [1.807, 2.05) is 0 Å². The Hall–Kier alpha value is -0.770. The number of piperidine rings is 3. The number of ether oxygens (including phenoxy) is 1. The summed E-state index contributed by atoms with van der Waals surface area (Å²) in [5.74, 6) is 1.96. The van der Waals surface area contributed by atoms with Crippen LogP contribution in [0.15, 0.2) is 5.16 Å². The fraction of sp³-hybridized carbons (Fsp3) is 0.900. The third kappa shape index (κ3) is 1.71. The minimum atomic E-state index is 0.447. The van der Waals surface area contributed by atoms with E-state index in [1.165, 1.54) is 25.9 Å². The second kappa shape index (κ2) is 4.17. The minimum Gasteiger partial charge on any atom is -0.482 e. The molecule has 3 fully saturated rings. The third-order valence-electron chi connectivity index (χ3n) is 3.36. The minimum absolute atomic E-state index is 0.447. The van der Waals surface area contributed by atoms with Gasteiger partial charge in [-0.1, -0.05) is 5.16 Å². The molecule has 80 valence electrons. The maximum Gasteiger partial charge on any atom is 0.230 e. The summed E-state index contributed by atoms with van der Waals surface area (Å²) in [6.45, 7) is 3.57. The molecule has 14 heavy (non-hydrogen) atoms. The van der Waals surface area contributed by atoms with Gasteiger partial charge in [-0.05, 0) is 31.8 Å². The molecule has 1 unspecified atom stereocenters. The SMILES string of the molecule is CON=C(OC)C1CN2CCC1CC2. The Bertz CT molecular complexity index is 222. The molecule has 0 aromatic heterocycles. The highest BCUT2D eigenvalue weighted by Crippen LogP contribution is 2.33. The normalized spacial score (nSPS) is 37.0. The van der Waals surface area contributed by atoms with Gasteiger partial charge in [0.25, 0.3) is 0 Å². The van der Waals surface area contributed by atoms with E-state index in [4.69, 9.17) is 9.57 Å². The van der Waals surface area contributed by atoms with Gasteiger partial charge < -0.3 is 14.5 Å². The topological polar surface area (TPSA) is 34.1 Å². The van der Waals surface area contributed by atoms with E-state index in [1.54, 1.807) is 14.2 Å². The first kappa shape index (κ1) is 9.77. The summed E-state index contributed by atoms with van der Waals surface area (Å²) in [6.07, 6.45) is 2.55. The molecule has 0 aliphatic carbocycles. The van der Waals surface area contributed by atoms with Gasteiger partial charge in [-0.2, -0.15) is 0 Å². The lowest BCUT2D eigenvalue weighted by Crippen LogP contribution is -2.50. The predicted molar refractivity (Wildman–Crippen MR) is 54.1 cm³/mol. The van der Waals surface area contributed by atoms with Crippen molar-refractivity contribution in [3.63, 3.8) is 0 Å². The van der Waals surface area contributed by atoms with Gasteiger partial charge in [-0.15, -0.1) is 0 Å². The van der Waals surface area contributed by atoms with Crippen LogP contribution in [0.3, 0.4) is 0 Å². The molecule has 0 aromatic rings. The molecule has 0 amide bonds. The first-order chi connectivity index (χ1) is 6.85. The van der Waals surface area contributed by atoms with Crippen molar-refractivity contribution in [2.24, 2.45) is 17.0 Å². The molecule has 3 saturated heterocycles. The van der Waals surface area contributed by atoms with Crippen LogP contribution >= 0.6 is 0 Å². The molecule has 4 heteroatoms. The molecular weight excluding hydrogens is 180 g/mol. The lowest BCUT2D eigenvalue weighted by Gasteiger charge is -2.44. The molecule has 4 nitrogen and oxygen atoms in total. The lowest BCUT2D eigenvalue weighted by molar-refractivity contribution is 0.0669. The zero-order chi connectivity index (χ0) is 9.97. The Kier molecular flexibility index (Phi) is 2.91. The van der Waals surface area contributed by atoms with Crippen LogP contribution in [-0.4, -0.2) is 44.7 Å². The van der Waals surface area contributed by atoms with Crippen LogP contribution in [0.2, 0.25) is 0 Å². The van der Waals surface area contributed by atoms with Gasteiger partial charge in [0.2, 0.25) is 5.90 Å². The molecule has 0 saturated carbocycles. The molecule has 2 bridgehead atoms. The van der Waals surface area contributed by atoms with Crippen molar-refractivity contribution in [2.45, 2.75) is 12.8 Å². The van der Waals surface area contributed by atoms with E-state index in [0.717, 1.165) is 18.4 Å². The molecular formula is C10H18N2O2. The Labute approximate surface area is 84.8 Å². The van der Waals surface area contributed by atoms with E-state index < -0.39 is 0 Å². The number of hydrogen-bond acceptors (Lipinski definition) is 4. The molecule has 3 aliphatic heterocycles. The van der Waals surface area contributed by atoms with Crippen molar-refractivity contribution < 1.29 is 9.57 Å². The van der Waals surface area contributed by atoms with Crippen LogP contribution in [0.5, 0.6) is 0 Å². The number of fused-ring (bicyclic) bond motifs is 3. The Balaban J connectivity index is 2.06. The van der Waals surface area contributed by atoms with Crippen molar-refractivity contribution >= 4 is 5.90 Å². The molecule has 0 N–H and O–H groups in total. The number of hydrogen-bond donors (Lipinski definition) is 0. The third-order valence-corrected chi connectivity index (χ3v) is 3.36. The smallest absolute Gasteiger partial charge is 0.230 e. The van der Waals surface area contributed by atoms with Crippen LogP contribution in [-0.2, 0) is 9.57 Å². The maximum absolute atomic E-state index is 5.28. The molecule has 3 aliphatic rings. The quantitative estimate of drug-likeness (QED) is 0.376. The largest absolute Gasteiger partial charge is 0.482 e. The maximum atomic E-state index is 5.28. The van der Waals surface area contributed by atoms with Gasteiger partial charge in [0, 0.05) is 6.54 Å². The summed E-state index contributed by atoms with van der Waals surface area (Å²) >= 11 is 0. The van der Waals surface area contributed by atoms with Gasteiger partial charge in [0.1, 0.15) is 7.11 Å². The molecule has 0 radical (unpaired) electrons. The van der Waals surface area contributed by atoms with Crippen LogP contribution in [0.1, 0.15) is 12.8 Å². The van der Waals surface area contributed by atoms with Gasteiger partial charge in [0.15, 0.2) is 0 Å². The van der Waals surface area contributed by atoms with E-state index in [2.05, 4.69) is 10.1 Å². The first-order valence-electron chi connectivity index (χ1n) is 5.22. The summed E-state index contributed by atoms with van der Waals surface area (Å²) in [5, 5.41) is 3.95.